The lowest BCUT2D eigenvalue weighted by Gasteiger charge is -2.32. The summed E-state index contributed by atoms with van der Waals surface area (Å²) in [6, 6.07) is 14.3. The molecule has 2 aliphatic rings. The zero-order valence-corrected chi connectivity index (χ0v) is 17.1. The molecule has 1 saturated heterocycles. The van der Waals surface area contributed by atoms with E-state index in [0.29, 0.717) is 5.92 Å². The van der Waals surface area contributed by atoms with E-state index < -0.39 is 0 Å². The minimum atomic E-state index is 0.641. The van der Waals surface area contributed by atoms with Crippen LogP contribution in [0.3, 0.4) is 0 Å². The maximum Gasteiger partial charge on any atom is 0.00508 e. The molecular formula is C26H33N. The van der Waals surface area contributed by atoms with Gasteiger partial charge in [0.1, 0.15) is 0 Å². The van der Waals surface area contributed by atoms with Gasteiger partial charge in [-0.1, -0.05) is 75.2 Å². The van der Waals surface area contributed by atoms with Crippen molar-refractivity contribution < 1.29 is 0 Å². The van der Waals surface area contributed by atoms with Crippen molar-refractivity contribution in [3.63, 3.8) is 0 Å². The van der Waals surface area contributed by atoms with Crippen LogP contribution in [0.2, 0.25) is 0 Å². The van der Waals surface area contributed by atoms with Gasteiger partial charge in [0.2, 0.25) is 0 Å². The lowest BCUT2D eigenvalue weighted by atomic mass is 9.82. The monoisotopic (exact) mass is 359 g/mol. The summed E-state index contributed by atoms with van der Waals surface area (Å²) in [7, 11) is 0. The Morgan fingerprint density at radius 3 is 2.59 bits per heavy atom. The molecule has 0 bridgehead atoms. The molecule has 4 rings (SSSR count). The van der Waals surface area contributed by atoms with Crippen LogP contribution >= 0.6 is 0 Å². The van der Waals surface area contributed by atoms with Gasteiger partial charge in [0.15, 0.2) is 0 Å². The average molecular weight is 360 g/mol. The van der Waals surface area contributed by atoms with Gasteiger partial charge in [-0.05, 0) is 65.0 Å². The molecule has 142 valence electrons. The van der Waals surface area contributed by atoms with Crippen LogP contribution in [0.4, 0.5) is 0 Å². The first-order valence-electron chi connectivity index (χ1n) is 10.9. The largest absolute Gasteiger partial charge is 0.315 e. The SMILES string of the molecule is CCCc1cc(C(C)CC)ccc1-c1ccc2c(c1)CCC(C1CNC1)=C2. The highest BCUT2D eigenvalue weighted by Gasteiger charge is 2.23. The van der Waals surface area contributed by atoms with E-state index in [1.54, 1.807) is 5.57 Å². The average Bonchev–Trinajstić information content (AvgIpc) is 2.66. The summed E-state index contributed by atoms with van der Waals surface area (Å²) >= 11 is 0. The van der Waals surface area contributed by atoms with E-state index in [2.05, 4.69) is 68.6 Å². The van der Waals surface area contributed by atoms with Crippen LogP contribution in [0.5, 0.6) is 0 Å². The predicted molar refractivity (Wildman–Crippen MR) is 117 cm³/mol. The molecule has 0 amide bonds. The van der Waals surface area contributed by atoms with Gasteiger partial charge in [-0.15, -0.1) is 0 Å². The molecule has 0 aromatic heterocycles. The number of rotatable bonds is 6. The quantitative estimate of drug-likeness (QED) is 0.632. The van der Waals surface area contributed by atoms with Crippen LogP contribution in [0, 0.1) is 5.92 Å². The fourth-order valence-electron chi connectivity index (χ4n) is 4.47. The summed E-state index contributed by atoms with van der Waals surface area (Å²) in [5.74, 6) is 1.42. The Morgan fingerprint density at radius 1 is 1.04 bits per heavy atom. The van der Waals surface area contributed by atoms with Gasteiger partial charge in [0, 0.05) is 19.0 Å². The lowest BCUT2D eigenvalue weighted by Crippen LogP contribution is -2.43. The maximum absolute atomic E-state index is 3.41. The van der Waals surface area contributed by atoms with Crippen LogP contribution in [0.1, 0.15) is 68.2 Å². The normalized spacial score (nSPS) is 17.8. The van der Waals surface area contributed by atoms with Crippen LogP contribution < -0.4 is 5.32 Å². The maximum atomic E-state index is 3.41. The Bertz CT molecular complexity index is 841. The minimum Gasteiger partial charge on any atom is -0.315 e. The lowest BCUT2D eigenvalue weighted by molar-refractivity contribution is 0.391. The molecule has 0 saturated carbocycles. The topological polar surface area (TPSA) is 12.0 Å². The Hall–Kier alpha value is -1.86. The van der Waals surface area contributed by atoms with E-state index in [4.69, 9.17) is 0 Å². The molecule has 1 N–H and O–H groups in total. The standard InChI is InChI=1S/C26H33N/c1-4-6-23-13-19(18(3)5-2)11-12-26(23)24-10-9-20-14-22(25-16-27-17-25)8-7-21(20)15-24/h9-15,18,25,27H,4-8,16-17H2,1-3H3. The molecule has 1 fully saturated rings. The molecule has 1 nitrogen and oxygen atoms in total. The van der Waals surface area contributed by atoms with E-state index >= 15 is 0 Å². The molecule has 1 aliphatic heterocycles. The first kappa shape index (κ1) is 18.5. The second-order valence-corrected chi connectivity index (χ2v) is 8.46. The third-order valence-corrected chi connectivity index (χ3v) is 6.61. The van der Waals surface area contributed by atoms with Crippen molar-refractivity contribution in [1.82, 2.24) is 5.32 Å². The summed E-state index contributed by atoms with van der Waals surface area (Å²) in [5, 5.41) is 3.41. The smallest absolute Gasteiger partial charge is 0.00508 e. The van der Waals surface area contributed by atoms with Gasteiger partial charge in [0.05, 0.1) is 0 Å². The molecule has 2 aromatic carbocycles. The molecule has 1 unspecified atom stereocenters. The van der Waals surface area contributed by atoms with E-state index in [1.165, 1.54) is 72.2 Å². The van der Waals surface area contributed by atoms with E-state index in [-0.39, 0.29) is 0 Å². The van der Waals surface area contributed by atoms with E-state index in [0.717, 1.165) is 12.3 Å². The zero-order chi connectivity index (χ0) is 18.8. The van der Waals surface area contributed by atoms with E-state index in [1.807, 2.05) is 0 Å². The number of nitrogens with one attached hydrogen (secondary N) is 1. The molecule has 0 radical (unpaired) electrons. The molecule has 27 heavy (non-hydrogen) atoms. The number of hydrogen-bond donors (Lipinski definition) is 1. The van der Waals surface area contributed by atoms with Gasteiger partial charge in [-0.2, -0.15) is 0 Å². The highest BCUT2D eigenvalue weighted by atomic mass is 14.9. The second kappa shape index (κ2) is 8.02. The molecule has 1 aliphatic carbocycles. The second-order valence-electron chi connectivity index (χ2n) is 8.46. The van der Waals surface area contributed by atoms with Crippen molar-refractivity contribution in [1.29, 1.82) is 0 Å². The van der Waals surface area contributed by atoms with E-state index in [9.17, 15) is 0 Å². The summed E-state index contributed by atoms with van der Waals surface area (Å²) < 4.78 is 0. The van der Waals surface area contributed by atoms with Crippen LogP contribution in [-0.4, -0.2) is 13.1 Å². The number of aryl methyl sites for hydroxylation is 2. The number of benzene rings is 2. The van der Waals surface area contributed by atoms with Crippen molar-refractivity contribution in [2.45, 2.75) is 58.8 Å². The Kier molecular flexibility index (Phi) is 5.50. The van der Waals surface area contributed by atoms with Crippen molar-refractivity contribution in [2.75, 3.05) is 13.1 Å². The Balaban J connectivity index is 1.67. The fourth-order valence-corrected chi connectivity index (χ4v) is 4.47. The highest BCUT2D eigenvalue weighted by molar-refractivity contribution is 5.72. The Labute approximate surface area is 164 Å². The van der Waals surface area contributed by atoms with Crippen LogP contribution in [0.25, 0.3) is 17.2 Å². The molecular weight excluding hydrogens is 326 g/mol. The summed E-state index contributed by atoms with van der Waals surface area (Å²) in [6.07, 6.45) is 8.46. The predicted octanol–water partition coefficient (Wildman–Crippen LogP) is 6.37. The fraction of sp³-hybridized carbons (Fsp3) is 0.462. The first-order chi connectivity index (χ1) is 13.2. The van der Waals surface area contributed by atoms with Gasteiger partial charge in [0.25, 0.3) is 0 Å². The molecule has 2 aromatic rings. The van der Waals surface area contributed by atoms with Crippen molar-refractivity contribution in [2.24, 2.45) is 5.92 Å². The summed E-state index contributed by atoms with van der Waals surface area (Å²) in [4.78, 5) is 0. The van der Waals surface area contributed by atoms with Crippen molar-refractivity contribution in [3.8, 4) is 11.1 Å². The molecule has 0 spiro atoms. The zero-order valence-electron chi connectivity index (χ0n) is 17.1. The highest BCUT2D eigenvalue weighted by Crippen LogP contribution is 2.35. The third-order valence-electron chi connectivity index (χ3n) is 6.61. The van der Waals surface area contributed by atoms with Gasteiger partial charge >= 0.3 is 0 Å². The Morgan fingerprint density at radius 2 is 1.89 bits per heavy atom. The third kappa shape index (κ3) is 3.75. The number of fused-ring (bicyclic) bond motifs is 1. The minimum absolute atomic E-state index is 0.641. The molecule has 1 heterocycles. The van der Waals surface area contributed by atoms with Gasteiger partial charge in [-0.25, -0.2) is 0 Å². The molecule has 1 heteroatoms. The van der Waals surface area contributed by atoms with Gasteiger partial charge < -0.3 is 5.32 Å². The van der Waals surface area contributed by atoms with Crippen LogP contribution in [0.15, 0.2) is 42.0 Å². The summed E-state index contributed by atoms with van der Waals surface area (Å²) in [6.45, 7) is 9.24. The molecule has 1 atom stereocenters. The number of hydrogen-bond acceptors (Lipinski definition) is 1. The van der Waals surface area contributed by atoms with Gasteiger partial charge in [-0.3, -0.25) is 0 Å². The summed E-state index contributed by atoms with van der Waals surface area (Å²) in [5.41, 5.74) is 10.5. The first-order valence-corrected chi connectivity index (χ1v) is 10.9. The van der Waals surface area contributed by atoms with Crippen molar-refractivity contribution >= 4 is 6.08 Å². The van der Waals surface area contributed by atoms with Crippen LogP contribution in [-0.2, 0) is 12.8 Å². The van der Waals surface area contributed by atoms with Crippen molar-refractivity contribution in [3.05, 3.63) is 64.2 Å².